The molecule has 0 bridgehead atoms. The van der Waals surface area contributed by atoms with Crippen LogP contribution in [0.1, 0.15) is 10.7 Å². The lowest BCUT2D eigenvalue weighted by atomic mass is 10.3. The molecule has 2 rings (SSSR count). The van der Waals surface area contributed by atoms with E-state index in [-0.39, 0.29) is 11.0 Å². The number of nitrogens with zero attached hydrogens (tertiary/aromatic N) is 1. The van der Waals surface area contributed by atoms with Crippen LogP contribution in [-0.4, -0.2) is 13.4 Å². The molecule has 4 nitrogen and oxygen atoms in total. The lowest BCUT2D eigenvalue weighted by Gasteiger charge is -2.08. The molecule has 0 saturated heterocycles. The average Bonchev–Trinajstić information content (AvgIpc) is 2.71. The molecule has 0 atom stereocenters. The molecule has 0 unspecified atom stereocenters. The Hall–Kier alpha value is -0.900. The molecule has 9 heteroatoms. The highest BCUT2D eigenvalue weighted by atomic mass is 79.9. The maximum atomic E-state index is 13.6. The SMILES string of the molecule is Cc1csc(CNS(=O)(=O)c2c(F)cc(F)cc2Br)n1. The summed E-state index contributed by atoms with van der Waals surface area (Å²) in [4.78, 5) is 3.47. The van der Waals surface area contributed by atoms with Gasteiger partial charge in [-0.2, -0.15) is 0 Å². The zero-order valence-corrected chi connectivity index (χ0v) is 13.4. The van der Waals surface area contributed by atoms with Crippen molar-refractivity contribution in [2.75, 3.05) is 0 Å². The first-order valence-electron chi connectivity index (χ1n) is 5.35. The highest BCUT2D eigenvalue weighted by Gasteiger charge is 2.23. The molecule has 0 fully saturated rings. The Labute approximate surface area is 127 Å². The van der Waals surface area contributed by atoms with E-state index in [4.69, 9.17) is 0 Å². The highest BCUT2D eigenvalue weighted by Crippen LogP contribution is 2.26. The fourth-order valence-corrected chi connectivity index (χ4v) is 4.45. The van der Waals surface area contributed by atoms with E-state index in [9.17, 15) is 17.2 Å². The van der Waals surface area contributed by atoms with Crippen molar-refractivity contribution in [2.45, 2.75) is 18.4 Å². The maximum Gasteiger partial charge on any atom is 0.245 e. The molecule has 0 aliphatic heterocycles. The summed E-state index contributed by atoms with van der Waals surface area (Å²) in [6, 6.07) is 1.41. The summed E-state index contributed by atoms with van der Waals surface area (Å²) in [5, 5.41) is 2.34. The standard InChI is InChI=1S/C11H9BrF2N2O2S2/c1-6-5-19-10(16-6)4-15-20(17,18)11-8(12)2-7(13)3-9(11)14/h2-3,5,15H,4H2,1H3. The first-order chi connectivity index (χ1) is 9.29. The number of halogens is 3. The summed E-state index contributed by atoms with van der Waals surface area (Å²) in [6.45, 7) is 1.73. The van der Waals surface area contributed by atoms with Crippen LogP contribution in [0.3, 0.4) is 0 Å². The number of nitrogens with one attached hydrogen (secondary N) is 1. The molecule has 0 saturated carbocycles. The molecule has 0 spiro atoms. The number of hydrogen-bond acceptors (Lipinski definition) is 4. The van der Waals surface area contributed by atoms with Gasteiger partial charge in [-0.05, 0) is 28.9 Å². The van der Waals surface area contributed by atoms with Crippen LogP contribution >= 0.6 is 27.3 Å². The van der Waals surface area contributed by atoms with Crippen molar-refractivity contribution in [3.05, 3.63) is 44.3 Å². The predicted octanol–water partition coefficient (Wildman–Crippen LogP) is 2.97. The van der Waals surface area contributed by atoms with E-state index in [0.29, 0.717) is 11.1 Å². The summed E-state index contributed by atoms with van der Waals surface area (Å²) in [7, 11) is -4.10. The minimum Gasteiger partial charge on any atom is -0.245 e. The van der Waals surface area contributed by atoms with E-state index in [0.717, 1.165) is 11.8 Å². The predicted molar refractivity (Wildman–Crippen MR) is 74.9 cm³/mol. The van der Waals surface area contributed by atoms with Crippen LogP contribution in [0, 0.1) is 18.6 Å². The van der Waals surface area contributed by atoms with E-state index in [1.54, 1.807) is 12.3 Å². The zero-order chi connectivity index (χ0) is 14.9. The third kappa shape index (κ3) is 3.40. The molecule has 1 heterocycles. The number of hydrogen-bond donors (Lipinski definition) is 1. The molecule has 0 aliphatic carbocycles. The van der Waals surface area contributed by atoms with Crippen molar-refractivity contribution < 1.29 is 17.2 Å². The molecular weight excluding hydrogens is 374 g/mol. The van der Waals surface area contributed by atoms with Gasteiger partial charge < -0.3 is 0 Å². The fraction of sp³-hybridized carbons (Fsp3) is 0.182. The summed E-state index contributed by atoms with van der Waals surface area (Å²) >= 11 is 4.14. The van der Waals surface area contributed by atoms with E-state index in [1.165, 1.54) is 11.3 Å². The smallest absolute Gasteiger partial charge is 0.245 e. The normalized spacial score (nSPS) is 11.8. The van der Waals surface area contributed by atoms with Crippen LogP contribution in [0.5, 0.6) is 0 Å². The van der Waals surface area contributed by atoms with Gasteiger partial charge in [0, 0.05) is 21.6 Å². The van der Waals surface area contributed by atoms with Crippen molar-refractivity contribution in [3.8, 4) is 0 Å². The summed E-state index contributed by atoms with van der Waals surface area (Å²) in [6.07, 6.45) is 0. The number of sulfonamides is 1. The van der Waals surface area contributed by atoms with Crippen molar-refractivity contribution in [1.82, 2.24) is 9.71 Å². The Morgan fingerprint density at radius 1 is 1.40 bits per heavy atom. The van der Waals surface area contributed by atoms with Gasteiger partial charge in [-0.15, -0.1) is 11.3 Å². The molecule has 20 heavy (non-hydrogen) atoms. The average molecular weight is 383 g/mol. The minimum absolute atomic E-state index is 0.0515. The molecule has 1 N–H and O–H groups in total. The van der Waals surface area contributed by atoms with Gasteiger partial charge in [0.15, 0.2) is 0 Å². The molecule has 1 aromatic heterocycles. The molecule has 0 radical (unpaired) electrons. The fourth-order valence-electron chi connectivity index (χ4n) is 1.50. The van der Waals surface area contributed by atoms with Gasteiger partial charge in [0.05, 0.1) is 6.54 Å². The van der Waals surface area contributed by atoms with Crippen LogP contribution in [0.15, 0.2) is 26.9 Å². The van der Waals surface area contributed by atoms with Gasteiger partial charge in [-0.1, -0.05) is 0 Å². The van der Waals surface area contributed by atoms with Crippen LogP contribution in [0.4, 0.5) is 8.78 Å². The van der Waals surface area contributed by atoms with Crippen LogP contribution in [0.25, 0.3) is 0 Å². The van der Waals surface area contributed by atoms with Gasteiger partial charge in [0.25, 0.3) is 0 Å². The Kier molecular flexibility index (Phi) is 4.52. The number of aromatic nitrogens is 1. The lowest BCUT2D eigenvalue weighted by molar-refractivity contribution is 0.540. The van der Waals surface area contributed by atoms with E-state index in [2.05, 4.69) is 25.6 Å². The van der Waals surface area contributed by atoms with E-state index >= 15 is 0 Å². The summed E-state index contributed by atoms with van der Waals surface area (Å²) in [5.41, 5.74) is 0.776. The van der Waals surface area contributed by atoms with Crippen molar-refractivity contribution >= 4 is 37.3 Å². The van der Waals surface area contributed by atoms with E-state index < -0.39 is 26.6 Å². The molecular formula is C11H9BrF2N2O2S2. The number of aryl methyl sites for hydroxylation is 1. The van der Waals surface area contributed by atoms with Crippen molar-refractivity contribution in [2.24, 2.45) is 0 Å². The second-order valence-corrected chi connectivity index (χ2v) is 7.41. The van der Waals surface area contributed by atoms with Gasteiger partial charge >= 0.3 is 0 Å². The third-order valence-corrected chi connectivity index (χ3v) is 5.64. The maximum absolute atomic E-state index is 13.6. The quantitative estimate of drug-likeness (QED) is 0.883. The number of benzene rings is 1. The second kappa shape index (κ2) is 5.84. The molecule has 0 amide bonds. The van der Waals surface area contributed by atoms with Crippen molar-refractivity contribution in [1.29, 1.82) is 0 Å². The first-order valence-corrected chi connectivity index (χ1v) is 8.50. The van der Waals surface area contributed by atoms with Gasteiger partial charge in [0.2, 0.25) is 10.0 Å². The van der Waals surface area contributed by atoms with Gasteiger partial charge in [0.1, 0.15) is 21.5 Å². The zero-order valence-electron chi connectivity index (χ0n) is 10.2. The number of thiazole rings is 1. The Morgan fingerprint density at radius 2 is 2.10 bits per heavy atom. The third-order valence-electron chi connectivity index (χ3n) is 2.31. The lowest BCUT2D eigenvalue weighted by Crippen LogP contribution is -2.24. The first kappa shape index (κ1) is 15.5. The Morgan fingerprint density at radius 3 is 2.65 bits per heavy atom. The van der Waals surface area contributed by atoms with Gasteiger partial charge in [-0.3, -0.25) is 0 Å². The summed E-state index contributed by atoms with van der Waals surface area (Å²) in [5.74, 6) is -2.01. The molecule has 2 aromatic rings. The topological polar surface area (TPSA) is 59.1 Å². The Balaban J connectivity index is 2.27. The van der Waals surface area contributed by atoms with Crippen LogP contribution in [-0.2, 0) is 16.6 Å². The monoisotopic (exact) mass is 382 g/mol. The molecule has 108 valence electrons. The Bertz CT molecular complexity index is 724. The summed E-state index contributed by atoms with van der Waals surface area (Å²) < 4.78 is 52.7. The number of rotatable bonds is 4. The van der Waals surface area contributed by atoms with Crippen molar-refractivity contribution in [3.63, 3.8) is 0 Å². The molecule has 1 aromatic carbocycles. The molecule has 0 aliphatic rings. The second-order valence-electron chi connectivity index (χ2n) is 3.91. The minimum atomic E-state index is -4.10. The largest absolute Gasteiger partial charge is 0.245 e. The van der Waals surface area contributed by atoms with Crippen LogP contribution < -0.4 is 4.72 Å². The van der Waals surface area contributed by atoms with E-state index in [1.807, 2.05) is 0 Å². The highest BCUT2D eigenvalue weighted by molar-refractivity contribution is 9.10. The van der Waals surface area contributed by atoms with Gasteiger partial charge in [-0.25, -0.2) is 26.9 Å². The van der Waals surface area contributed by atoms with Crippen LogP contribution in [0.2, 0.25) is 0 Å².